The van der Waals surface area contributed by atoms with Gasteiger partial charge in [0.05, 0.1) is 17.6 Å². The number of carbonyl (C=O) groups excluding carboxylic acids is 1. The summed E-state index contributed by atoms with van der Waals surface area (Å²) in [6.45, 7) is 4.79. The molecule has 5 heteroatoms. The predicted molar refractivity (Wildman–Crippen MR) is 63.6 cm³/mol. The lowest BCUT2D eigenvalue weighted by Gasteiger charge is -2.38. The first-order valence-electron chi connectivity index (χ1n) is 6.32. The lowest BCUT2D eigenvalue weighted by Crippen LogP contribution is -2.58. The van der Waals surface area contributed by atoms with Crippen LogP contribution in [0.15, 0.2) is 0 Å². The van der Waals surface area contributed by atoms with Crippen molar-refractivity contribution in [2.45, 2.75) is 31.7 Å². The lowest BCUT2D eigenvalue weighted by molar-refractivity contribution is -0.133. The maximum atomic E-state index is 12.3. The number of hydrogen-bond donors (Lipinski definition) is 3. The zero-order valence-electron chi connectivity index (χ0n) is 10.4. The van der Waals surface area contributed by atoms with Gasteiger partial charge in [-0.25, -0.2) is 0 Å². The van der Waals surface area contributed by atoms with Crippen LogP contribution in [0.2, 0.25) is 0 Å². The van der Waals surface area contributed by atoms with Crippen LogP contribution in [0, 0.1) is 5.41 Å². The van der Waals surface area contributed by atoms with E-state index in [0.29, 0.717) is 26.1 Å². The minimum Gasteiger partial charge on any atom is -0.394 e. The molecule has 2 saturated heterocycles. The molecule has 0 aliphatic carbocycles. The molecule has 5 nitrogen and oxygen atoms in total. The fraction of sp³-hybridized carbons (Fsp3) is 0.917. The third-order valence-corrected chi connectivity index (χ3v) is 4.05. The minimum atomic E-state index is -0.471. The van der Waals surface area contributed by atoms with Gasteiger partial charge in [-0.1, -0.05) is 0 Å². The molecule has 2 rings (SSSR count). The van der Waals surface area contributed by atoms with Gasteiger partial charge in [0, 0.05) is 19.8 Å². The summed E-state index contributed by atoms with van der Waals surface area (Å²) in [5.41, 5.74) is -0.804. The van der Waals surface area contributed by atoms with Crippen LogP contribution >= 0.6 is 0 Å². The second-order valence-electron chi connectivity index (χ2n) is 5.49. The highest BCUT2D eigenvalue weighted by Crippen LogP contribution is 2.28. The molecule has 2 aliphatic heterocycles. The second kappa shape index (κ2) is 4.92. The highest BCUT2D eigenvalue weighted by molar-refractivity contribution is 5.83. The van der Waals surface area contributed by atoms with E-state index in [1.807, 2.05) is 6.92 Å². The summed E-state index contributed by atoms with van der Waals surface area (Å²) in [5.74, 6) is 0.0541. The van der Waals surface area contributed by atoms with Crippen LogP contribution in [-0.4, -0.2) is 49.5 Å². The standard InChI is InChI=1S/C12H22N2O3/c1-11(2-5-13-8-11)10(16)14-12(9-15)3-6-17-7-4-12/h13,15H,2-9H2,1H3,(H,14,16). The molecule has 0 aromatic carbocycles. The Morgan fingerprint density at radius 1 is 1.41 bits per heavy atom. The van der Waals surface area contributed by atoms with Crippen LogP contribution in [0.3, 0.4) is 0 Å². The van der Waals surface area contributed by atoms with E-state index in [4.69, 9.17) is 4.74 Å². The van der Waals surface area contributed by atoms with Crippen LogP contribution in [0.4, 0.5) is 0 Å². The van der Waals surface area contributed by atoms with E-state index in [2.05, 4.69) is 10.6 Å². The molecule has 0 bridgehead atoms. The fourth-order valence-electron chi connectivity index (χ4n) is 2.49. The maximum absolute atomic E-state index is 12.3. The second-order valence-corrected chi connectivity index (χ2v) is 5.49. The van der Waals surface area contributed by atoms with Crippen molar-refractivity contribution in [1.29, 1.82) is 0 Å². The van der Waals surface area contributed by atoms with Crippen molar-refractivity contribution in [3.8, 4) is 0 Å². The first kappa shape index (κ1) is 12.8. The number of aliphatic hydroxyl groups excluding tert-OH is 1. The van der Waals surface area contributed by atoms with Gasteiger partial charge in [0.25, 0.3) is 0 Å². The Labute approximate surface area is 102 Å². The maximum Gasteiger partial charge on any atom is 0.227 e. The molecule has 3 N–H and O–H groups in total. The Balaban J connectivity index is 2.00. The fourth-order valence-corrected chi connectivity index (χ4v) is 2.49. The quantitative estimate of drug-likeness (QED) is 0.632. The Hall–Kier alpha value is -0.650. The van der Waals surface area contributed by atoms with Crippen molar-refractivity contribution in [2.75, 3.05) is 32.9 Å². The van der Waals surface area contributed by atoms with Crippen molar-refractivity contribution in [2.24, 2.45) is 5.41 Å². The molecule has 0 radical (unpaired) electrons. The van der Waals surface area contributed by atoms with Crippen molar-refractivity contribution in [1.82, 2.24) is 10.6 Å². The van der Waals surface area contributed by atoms with Gasteiger partial charge in [-0.3, -0.25) is 4.79 Å². The van der Waals surface area contributed by atoms with E-state index in [9.17, 15) is 9.90 Å². The van der Waals surface area contributed by atoms with E-state index in [1.165, 1.54) is 0 Å². The van der Waals surface area contributed by atoms with Crippen molar-refractivity contribution in [3.63, 3.8) is 0 Å². The summed E-state index contributed by atoms with van der Waals surface area (Å²) < 4.78 is 5.28. The normalized spacial score (nSPS) is 32.4. The molecular weight excluding hydrogens is 220 g/mol. The Bertz CT molecular complexity index is 281. The van der Waals surface area contributed by atoms with Gasteiger partial charge >= 0.3 is 0 Å². The smallest absolute Gasteiger partial charge is 0.227 e. The molecule has 0 saturated carbocycles. The number of carbonyl (C=O) groups is 1. The highest BCUT2D eigenvalue weighted by atomic mass is 16.5. The van der Waals surface area contributed by atoms with Gasteiger partial charge in [0.15, 0.2) is 0 Å². The number of amides is 1. The molecule has 1 unspecified atom stereocenters. The number of aliphatic hydroxyl groups is 1. The van der Waals surface area contributed by atoms with Crippen LogP contribution in [-0.2, 0) is 9.53 Å². The Morgan fingerprint density at radius 3 is 2.65 bits per heavy atom. The van der Waals surface area contributed by atoms with Crippen molar-refractivity contribution in [3.05, 3.63) is 0 Å². The zero-order valence-corrected chi connectivity index (χ0v) is 10.4. The Kier molecular flexibility index (Phi) is 3.70. The average Bonchev–Trinajstić information content (AvgIpc) is 2.79. The van der Waals surface area contributed by atoms with Gasteiger partial charge in [-0.15, -0.1) is 0 Å². The van der Waals surface area contributed by atoms with E-state index in [0.717, 1.165) is 19.5 Å². The molecule has 0 spiro atoms. The van der Waals surface area contributed by atoms with Gasteiger partial charge in [-0.05, 0) is 32.7 Å². The molecule has 2 aliphatic rings. The summed E-state index contributed by atoms with van der Waals surface area (Å²) in [5, 5.41) is 15.8. The molecule has 0 aromatic rings. The number of nitrogens with one attached hydrogen (secondary N) is 2. The summed E-state index contributed by atoms with van der Waals surface area (Å²) in [7, 11) is 0. The summed E-state index contributed by atoms with van der Waals surface area (Å²) in [4.78, 5) is 12.3. The van der Waals surface area contributed by atoms with Crippen molar-refractivity contribution < 1.29 is 14.6 Å². The monoisotopic (exact) mass is 242 g/mol. The SMILES string of the molecule is CC1(C(=O)NC2(CO)CCOCC2)CCNC1. The van der Waals surface area contributed by atoms with E-state index < -0.39 is 5.54 Å². The van der Waals surface area contributed by atoms with E-state index in [-0.39, 0.29) is 17.9 Å². The zero-order chi connectivity index (χ0) is 12.4. The third kappa shape index (κ3) is 2.61. The molecular formula is C12H22N2O3. The van der Waals surface area contributed by atoms with Gasteiger partial charge in [0.2, 0.25) is 5.91 Å². The molecule has 98 valence electrons. The summed E-state index contributed by atoms with van der Waals surface area (Å²) in [6.07, 6.45) is 2.24. The average molecular weight is 242 g/mol. The summed E-state index contributed by atoms with van der Waals surface area (Å²) in [6, 6.07) is 0. The van der Waals surface area contributed by atoms with Crippen LogP contribution in [0.25, 0.3) is 0 Å². The number of hydrogen-bond acceptors (Lipinski definition) is 4. The van der Waals surface area contributed by atoms with Crippen LogP contribution in [0.1, 0.15) is 26.2 Å². The topological polar surface area (TPSA) is 70.6 Å². The van der Waals surface area contributed by atoms with E-state index >= 15 is 0 Å². The molecule has 2 heterocycles. The Morgan fingerprint density at radius 2 is 2.12 bits per heavy atom. The molecule has 17 heavy (non-hydrogen) atoms. The number of rotatable bonds is 3. The van der Waals surface area contributed by atoms with Crippen molar-refractivity contribution >= 4 is 5.91 Å². The largest absolute Gasteiger partial charge is 0.394 e. The highest BCUT2D eigenvalue weighted by Gasteiger charge is 2.41. The van der Waals surface area contributed by atoms with E-state index in [1.54, 1.807) is 0 Å². The van der Waals surface area contributed by atoms with Crippen LogP contribution < -0.4 is 10.6 Å². The molecule has 1 atom stereocenters. The first-order valence-corrected chi connectivity index (χ1v) is 6.32. The van der Waals surface area contributed by atoms with Crippen LogP contribution in [0.5, 0.6) is 0 Å². The lowest BCUT2D eigenvalue weighted by atomic mass is 9.85. The minimum absolute atomic E-state index is 0.00832. The predicted octanol–water partition coefficient (Wildman–Crippen LogP) is -0.356. The molecule has 1 amide bonds. The van der Waals surface area contributed by atoms with Gasteiger partial charge in [0.1, 0.15) is 0 Å². The number of ether oxygens (including phenoxy) is 1. The molecule has 2 fully saturated rings. The van der Waals surface area contributed by atoms with Gasteiger partial charge in [-0.2, -0.15) is 0 Å². The third-order valence-electron chi connectivity index (χ3n) is 4.05. The van der Waals surface area contributed by atoms with Gasteiger partial charge < -0.3 is 20.5 Å². The summed E-state index contributed by atoms with van der Waals surface area (Å²) >= 11 is 0. The molecule has 0 aromatic heterocycles. The first-order chi connectivity index (χ1) is 8.10.